The van der Waals surface area contributed by atoms with E-state index < -0.39 is 23.1 Å². The van der Waals surface area contributed by atoms with Gasteiger partial charge in [-0.15, -0.1) is 0 Å². The van der Waals surface area contributed by atoms with Crippen molar-refractivity contribution in [2.45, 2.75) is 59.5 Å². The number of carboxylic acid groups (broad SMARTS) is 1. The largest absolute Gasteiger partial charge is 0.481 e. The zero-order valence-corrected chi connectivity index (χ0v) is 12.5. The topological polar surface area (TPSA) is 75.6 Å². The van der Waals surface area contributed by atoms with Crippen LogP contribution in [0.5, 0.6) is 0 Å². The minimum absolute atomic E-state index is 0.00794. The van der Waals surface area contributed by atoms with Gasteiger partial charge in [-0.05, 0) is 45.4 Å². The first-order chi connectivity index (χ1) is 8.46. The summed E-state index contributed by atoms with van der Waals surface area (Å²) in [5, 5.41) is 12.0. The quantitative estimate of drug-likeness (QED) is 0.827. The van der Waals surface area contributed by atoms with Gasteiger partial charge >= 0.3 is 12.1 Å². The van der Waals surface area contributed by atoms with Gasteiger partial charge < -0.3 is 15.2 Å². The molecule has 0 aromatic rings. The summed E-state index contributed by atoms with van der Waals surface area (Å²) in [7, 11) is 0. The highest BCUT2D eigenvalue weighted by Crippen LogP contribution is 2.48. The highest BCUT2D eigenvalue weighted by atomic mass is 16.6. The predicted octanol–water partition coefficient (Wildman–Crippen LogP) is 2.79. The molecule has 1 fully saturated rings. The lowest BCUT2D eigenvalue weighted by Crippen LogP contribution is -2.43. The summed E-state index contributed by atoms with van der Waals surface area (Å²) in [6, 6.07) is 0. The van der Waals surface area contributed by atoms with Crippen LogP contribution in [0, 0.1) is 10.8 Å². The van der Waals surface area contributed by atoms with Gasteiger partial charge in [0.15, 0.2) is 0 Å². The smallest absolute Gasteiger partial charge is 0.407 e. The van der Waals surface area contributed by atoms with Gasteiger partial charge in [-0.2, -0.15) is 0 Å². The average molecular weight is 271 g/mol. The molecule has 1 unspecified atom stereocenters. The summed E-state index contributed by atoms with van der Waals surface area (Å²) in [5.74, 6) is -0.839. The zero-order chi connectivity index (χ0) is 14.9. The van der Waals surface area contributed by atoms with Gasteiger partial charge in [-0.3, -0.25) is 4.79 Å². The lowest BCUT2D eigenvalue weighted by atomic mass is 9.81. The van der Waals surface area contributed by atoms with E-state index in [2.05, 4.69) is 19.2 Å². The molecule has 0 radical (unpaired) electrons. The van der Waals surface area contributed by atoms with Crippen LogP contribution < -0.4 is 5.32 Å². The maximum absolute atomic E-state index is 11.6. The Balaban J connectivity index is 2.63. The van der Waals surface area contributed by atoms with Crippen LogP contribution in [0.2, 0.25) is 0 Å². The maximum Gasteiger partial charge on any atom is 0.407 e. The summed E-state index contributed by atoms with van der Waals surface area (Å²) in [6.07, 6.45) is 1.46. The van der Waals surface area contributed by atoms with E-state index in [1.807, 2.05) is 0 Å². The first-order valence-corrected chi connectivity index (χ1v) is 6.66. The van der Waals surface area contributed by atoms with Gasteiger partial charge in [0.2, 0.25) is 0 Å². The molecule has 0 aliphatic heterocycles. The van der Waals surface area contributed by atoms with Crippen LogP contribution >= 0.6 is 0 Å². The van der Waals surface area contributed by atoms with Crippen molar-refractivity contribution in [1.82, 2.24) is 5.32 Å². The molecule has 1 saturated carbocycles. The fourth-order valence-corrected chi connectivity index (χ4v) is 2.64. The molecule has 110 valence electrons. The highest BCUT2D eigenvalue weighted by Gasteiger charge is 2.48. The van der Waals surface area contributed by atoms with Crippen LogP contribution in [0.25, 0.3) is 0 Å². The summed E-state index contributed by atoms with van der Waals surface area (Å²) in [6.45, 7) is 9.58. The molecule has 1 amide bonds. The van der Waals surface area contributed by atoms with Crippen molar-refractivity contribution < 1.29 is 19.4 Å². The van der Waals surface area contributed by atoms with Gasteiger partial charge in [0.25, 0.3) is 0 Å². The Morgan fingerprint density at radius 1 is 1.26 bits per heavy atom. The molecule has 0 spiro atoms. The molecular formula is C14H25NO4. The molecule has 19 heavy (non-hydrogen) atoms. The second-order valence-corrected chi connectivity index (χ2v) is 7.28. The van der Waals surface area contributed by atoms with E-state index in [1.54, 1.807) is 20.8 Å². The zero-order valence-electron chi connectivity index (χ0n) is 12.5. The standard InChI is InChI=1S/C14H25NO4/c1-12(2,3)19-11(18)15-9-14(10(16)17)7-6-13(4,5)8-14/h6-9H2,1-5H3,(H,15,18)(H,16,17). The first-order valence-electron chi connectivity index (χ1n) is 6.66. The third kappa shape index (κ3) is 4.40. The van der Waals surface area contributed by atoms with E-state index in [1.165, 1.54) is 0 Å². The lowest BCUT2D eigenvalue weighted by Gasteiger charge is -2.27. The number of alkyl carbamates (subject to hydrolysis) is 1. The number of hydrogen-bond donors (Lipinski definition) is 2. The Morgan fingerprint density at radius 2 is 1.84 bits per heavy atom. The van der Waals surface area contributed by atoms with Crippen LogP contribution in [0.15, 0.2) is 0 Å². The van der Waals surface area contributed by atoms with Gasteiger partial charge in [0, 0.05) is 6.54 Å². The number of carbonyl (C=O) groups excluding carboxylic acids is 1. The number of amides is 1. The molecule has 5 heteroatoms. The Hall–Kier alpha value is -1.26. The van der Waals surface area contributed by atoms with E-state index >= 15 is 0 Å². The van der Waals surface area contributed by atoms with E-state index in [9.17, 15) is 14.7 Å². The molecule has 5 nitrogen and oxygen atoms in total. The first kappa shape index (κ1) is 15.8. The Kier molecular flexibility index (Phi) is 4.17. The third-order valence-electron chi connectivity index (χ3n) is 3.52. The fraction of sp³-hybridized carbons (Fsp3) is 0.857. The van der Waals surface area contributed by atoms with Gasteiger partial charge in [0.05, 0.1) is 5.41 Å². The van der Waals surface area contributed by atoms with Crippen LogP contribution in [0.4, 0.5) is 4.79 Å². The van der Waals surface area contributed by atoms with Crippen LogP contribution in [-0.4, -0.2) is 29.3 Å². The Morgan fingerprint density at radius 3 is 2.21 bits per heavy atom. The van der Waals surface area contributed by atoms with Crippen molar-refractivity contribution in [3.05, 3.63) is 0 Å². The molecule has 0 bridgehead atoms. The number of ether oxygens (including phenoxy) is 1. The van der Waals surface area contributed by atoms with Gasteiger partial charge in [-0.25, -0.2) is 4.79 Å². The number of aliphatic carboxylic acids is 1. The molecule has 1 aliphatic carbocycles. The number of rotatable bonds is 3. The van der Waals surface area contributed by atoms with Crippen LogP contribution in [0.3, 0.4) is 0 Å². The van der Waals surface area contributed by atoms with Crippen molar-refractivity contribution in [3.8, 4) is 0 Å². The molecule has 2 N–H and O–H groups in total. The van der Waals surface area contributed by atoms with E-state index in [0.29, 0.717) is 12.8 Å². The highest BCUT2D eigenvalue weighted by molar-refractivity contribution is 5.77. The van der Waals surface area contributed by atoms with Gasteiger partial charge in [-0.1, -0.05) is 13.8 Å². The molecule has 1 atom stereocenters. The van der Waals surface area contributed by atoms with Crippen molar-refractivity contribution in [1.29, 1.82) is 0 Å². The SMILES string of the molecule is CC1(C)CCC(CNC(=O)OC(C)(C)C)(C(=O)O)C1. The van der Waals surface area contributed by atoms with E-state index in [4.69, 9.17) is 4.74 Å². The molecule has 1 rings (SSSR count). The molecule has 0 heterocycles. The second kappa shape index (κ2) is 5.02. The lowest BCUT2D eigenvalue weighted by molar-refractivity contribution is -0.148. The summed E-state index contributed by atoms with van der Waals surface area (Å²) < 4.78 is 5.13. The fourth-order valence-electron chi connectivity index (χ4n) is 2.64. The summed E-state index contributed by atoms with van der Waals surface area (Å²) >= 11 is 0. The third-order valence-corrected chi connectivity index (χ3v) is 3.52. The number of carboxylic acids is 1. The van der Waals surface area contributed by atoms with Crippen molar-refractivity contribution >= 4 is 12.1 Å². The number of carbonyl (C=O) groups is 2. The van der Waals surface area contributed by atoms with E-state index in [0.717, 1.165) is 6.42 Å². The van der Waals surface area contributed by atoms with Crippen molar-refractivity contribution in [2.75, 3.05) is 6.54 Å². The second-order valence-electron chi connectivity index (χ2n) is 7.28. The Bertz CT molecular complexity index is 370. The summed E-state index contributed by atoms with van der Waals surface area (Å²) in [4.78, 5) is 23.1. The van der Waals surface area contributed by atoms with Crippen LogP contribution in [-0.2, 0) is 9.53 Å². The predicted molar refractivity (Wildman–Crippen MR) is 71.9 cm³/mol. The molecule has 1 aliphatic rings. The number of hydrogen-bond acceptors (Lipinski definition) is 3. The maximum atomic E-state index is 11.6. The van der Waals surface area contributed by atoms with E-state index in [-0.39, 0.29) is 12.0 Å². The molecule has 0 aromatic heterocycles. The minimum Gasteiger partial charge on any atom is -0.481 e. The van der Waals surface area contributed by atoms with Crippen molar-refractivity contribution in [2.24, 2.45) is 10.8 Å². The molecule has 0 saturated heterocycles. The van der Waals surface area contributed by atoms with Gasteiger partial charge in [0.1, 0.15) is 5.60 Å². The minimum atomic E-state index is -0.861. The average Bonchev–Trinajstić information content (AvgIpc) is 2.50. The number of nitrogens with one attached hydrogen (secondary N) is 1. The normalized spacial score (nSPS) is 25.9. The summed E-state index contributed by atoms with van der Waals surface area (Å²) in [5.41, 5.74) is -1.43. The molecule has 0 aromatic carbocycles. The monoisotopic (exact) mass is 271 g/mol. The van der Waals surface area contributed by atoms with Crippen molar-refractivity contribution in [3.63, 3.8) is 0 Å². The van der Waals surface area contributed by atoms with Crippen LogP contribution in [0.1, 0.15) is 53.9 Å². The molecular weight excluding hydrogens is 246 g/mol. The Labute approximate surface area is 114 Å².